The molecular formula is C20H37NO. The number of nitrogens with zero attached hydrogens (tertiary/aromatic N) is 1. The second-order valence-corrected chi connectivity index (χ2v) is 8.71. The van der Waals surface area contributed by atoms with E-state index in [2.05, 4.69) is 25.7 Å². The summed E-state index contributed by atoms with van der Waals surface area (Å²) in [6.45, 7) is 10.5. The maximum atomic E-state index is 5.77. The first kappa shape index (κ1) is 16.8. The van der Waals surface area contributed by atoms with Crippen LogP contribution in [0.15, 0.2) is 0 Å². The Labute approximate surface area is 138 Å². The van der Waals surface area contributed by atoms with Gasteiger partial charge in [-0.1, -0.05) is 51.9 Å². The van der Waals surface area contributed by atoms with Crippen LogP contribution in [0.4, 0.5) is 0 Å². The lowest BCUT2D eigenvalue weighted by Gasteiger charge is -2.61. The molecule has 3 rings (SSSR count). The van der Waals surface area contributed by atoms with E-state index in [1.54, 1.807) is 0 Å². The van der Waals surface area contributed by atoms with Crippen molar-refractivity contribution in [1.29, 1.82) is 0 Å². The number of hydrogen-bond donors (Lipinski definition) is 0. The molecule has 0 aromatic carbocycles. The van der Waals surface area contributed by atoms with Crippen molar-refractivity contribution in [2.24, 2.45) is 17.8 Å². The molecule has 0 amide bonds. The molecule has 0 N–H and O–H groups in total. The molecule has 3 fully saturated rings. The second kappa shape index (κ2) is 7.21. The zero-order valence-electron chi connectivity index (χ0n) is 15.2. The monoisotopic (exact) mass is 307 g/mol. The van der Waals surface area contributed by atoms with Crippen LogP contribution >= 0.6 is 0 Å². The zero-order valence-corrected chi connectivity index (χ0v) is 15.2. The highest BCUT2D eigenvalue weighted by Gasteiger charge is 2.54. The third-order valence-corrected chi connectivity index (χ3v) is 6.88. The summed E-state index contributed by atoms with van der Waals surface area (Å²) in [5.41, 5.74) is 0.400. The average molecular weight is 308 g/mol. The van der Waals surface area contributed by atoms with Crippen LogP contribution in [0, 0.1) is 17.8 Å². The SMILES string of the molecule is CC1CCCCCC2C(CCC1)CCN(C(C)C)C21COC1. The molecule has 3 unspecified atom stereocenters. The summed E-state index contributed by atoms with van der Waals surface area (Å²) >= 11 is 0. The average Bonchev–Trinajstić information content (AvgIpc) is 2.48. The number of piperidine rings is 1. The third kappa shape index (κ3) is 3.24. The normalized spacial score (nSPS) is 37.4. The molecular weight excluding hydrogens is 270 g/mol. The molecule has 1 saturated carbocycles. The van der Waals surface area contributed by atoms with Crippen LogP contribution in [0.25, 0.3) is 0 Å². The highest BCUT2D eigenvalue weighted by molar-refractivity contribution is 5.07. The number of likely N-dealkylation sites (tertiary alicyclic amines) is 1. The number of fused-ring (bicyclic) bond motifs is 2. The minimum absolute atomic E-state index is 0.400. The number of rotatable bonds is 1. The van der Waals surface area contributed by atoms with Gasteiger partial charge in [-0.15, -0.1) is 0 Å². The number of ether oxygens (including phenoxy) is 1. The highest BCUT2D eigenvalue weighted by atomic mass is 16.5. The van der Waals surface area contributed by atoms with Gasteiger partial charge in [0, 0.05) is 6.04 Å². The van der Waals surface area contributed by atoms with Crippen molar-refractivity contribution in [1.82, 2.24) is 4.90 Å². The Morgan fingerprint density at radius 3 is 2.32 bits per heavy atom. The van der Waals surface area contributed by atoms with E-state index >= 15 is 0 Å². The predicted molar refractivity (Wildman–Crippen MR) is 93.1 cm³/mol. The first-order chi connectivity index (χ1) is 10.6. The molecule has 0 aromatic heterocycles. The summed E-state index contributed by atoms with van der Waals surface area (Å²) < 4.78 is 5.77. The van der Waals surface area contributed by atoms with Crippen molar-refractivity contribution in [2.45, 2.75) is 90.1 Å². The van der Waals surface area contributed by atoms with Gasteiger partial charge in [-0.2, -0.15) is 0 Å². The molecule has 2 aliphatic heterocycles. The van der Waals surface area contributed by atoms with Gasteiger partial charge >= 0.3 is 0 Å². The minimum Gasteiger partial charge on any atom is -0.377 e. The zero-order chi connectivity index (χ0) is 15.6. The van der Waals surface area contributed by atoms with E-state index in [-0.39, 0.29) is 0 Å². The quantitative estimate of drug-likeness (QED) is 0.685. The van der Waals surface area contributed by atoms with Crippen LogP contribution in [-0.4, -0.2) is 36.2 Å². The van der Waals surface area contributed by atoms with Gasteiger partial charge in [0.2, 0.25) is 0 Å². The number of hydrogen-bond acceptors (Lipinski definition) is 2. The predicted octanol–water partition coefficient (Wildman–Crippen LogP) is 4.87. The summed E-state index contributed by atoms with van der Waals surface area (Å²) in [5.74, 6) is 2.81. The van der Waals surface area contributed by atoms with Gasteiger partial charge in [0.15, 0.2) is 0 Å². The molecule has 1 spiro atoms. The molecule has 3 aliphatic rings. The van der Waals surface area contributed by atoms with Crippen LogP contribution in [0.1, 0.15) is 78.6 Å². The smallest absolute Gasteiger partial charge is 0.0711 e. The Bertz CT molecular complexity index is 350. The molecule has 2 heterocycles. The first-order valence-electron chi connectivity index (χ1n) is 9.98. The van der Waals surface area contributed by atoms with E-state index in [4.69, 9.17) is 4.74 Å². The Morgan fingerprint density at radius 2 is 1.64 bits per heavy atom. The van der Waals surface area contributed by atoms with Gasteiger partial charge in [-0.3, -0.25) is 4.90 Å². The lowest BCUT2D eigenvalue weighted by molar-refractivity contribution is -0.208. The summed E-state index contributed by atoms with van der Waals surface area (Å²) in [6, 6.07) is 0.669. The van der Waals surface area contributed by atoms with Gasteiger partial charge in [0.05, 0.1) is 18.8 Å². The second-order valence-electron chi connectivity index (χ2n) is 8.71. The molecule has 128 valence electrons. The molecule has 0 radical (unpaired) electrons. The van der Waals surface area contributed by atoms with Gasteiger partial charge in [-0.25, -0.2) is 0 Å². The van der Waals surface area contributed by atoms with E-state index in [1.807, 2.05) is 0 Å². The van der Waals surface area contributed by atoms with Crippen molar-refractivity contribution in [2.75, 3.05) is 19.8 Å². The Balaban J connectivity index is 1.75. The highest BCUT2D eigenvalue weighted by Crippen LogP contribution is 2.47. The van der Waals surface area contributed by atoms with Crippen molar-refractivity contribution in [3.63, 3.8) is 0 Å². The Kier molecular flexibility index (Phi) is 5.50. The van der Waals surface area contributed by atoms with Gasteiger partial charge in [0.25, 0.3) is 0 Å². The van der Waals surface area contributed by atoms with E-state index in [1.165, 1.54) is 64.3 Å². The molecule has 2 heteroatoms. The molecule has 0 aromatic rings. The van der Waals surface area contributed by atoms with Crippen LogP contribution in [0.5, 0.6) is 0 Å². The van der Waals surface area contributed by atoms with E-state index in [0.717, 1.165) is 31.0 Å². The lowest BCUT2D eigenvalue weighted by Crippen LogP contribution is -2.71. The van der Waals surface area contributed by atoms with Crippen molar-refractivity contribution < 1.29 is 4.74 Å². The van der Waals surface area contributed by atoms with E-state index in [9.17, 15) is 0 Å². The maximum absolute atomic E-state index is 5.77. The molecule has 1 aliphatic carbocycles. The lowest BCUT2D eigenvalue weighted by atomic mass is 9.65. The van der Waals surface area contributed by atoms with Crippen LogP contribution in [-0.2, 0) is 4.74 Å². The molecule has 22 heavy (non-hydrogen) atoms. The summed E-state index contributed by atoms with van der Waals surface area (Å²) in [4.78, 5) is 2.81. The van der Waals surface area contributed by atoms with Gasteiger partial charge in [0.1, 0.15) is 0 Å². The third-order valence-electron chi connectivity index (χ3n) is 6.88. The topological polar surface area (TPSA) is 12.5 Å². The van der Waals surface area contributed by atoms with E-state index in [0.29, 0.717) is 11.6 Å². The van der Waals surface area contributed by atoms with Crippen LogP contribution in [0.3, 0.4) is 0 Å². The molecule has 0 bridgehead atoms. The van der Waals surface area contributed by atoms with E-state index < -0.39 is 0 Å². The fourth-order valence-corrected chi connectivity index (χ4v) is 5.60. The summed E-state index contributed by atoms with van der Waals surface area (Å²) in [6.07, 6.45) is 13.1. The van der Waals surface area contributed by atoms with Gasteiger partial charge in [-0.05, 0) is 51.0 Å². The largest absolute Gasteiger partial charge is 0.377 e. The standard InChI is InChI=1S/C20H37NO/c1-16(2)21-13-12-18-10-7-9-17(3)8-5-4-6-11-19(18)20(21)14-22-15-20/h16-19H,4-15H2,1-3H3. The van der Waals surface area contributed by atoms with Crippen molar-refractivity contribution in [3.8, 4) is 0 Å². The minimum atomic E-state index is 0.400. The summed E-state index contributed by atoms with van der Waals surface area (Å²) in [5, 5.41) is 0. The summed E-state index contributed by atoms with van der Waals surface area (Å²) in [7, 11) is 0. The Morgan fingerprint density at radius 1 is 0.909 bits per heavy atom. The van der Waals surface area contributed by atoms with Crippen LogP contribution in [0.2, 0.25) is 0 Å². The van der Waals surface area contributed by atoms with Crippen LogP contribution < -0.4 is 0 Å². The molecule has 2 saturated heterocycles. The van der Waals surface area contributed by atoms with Gasteiger partial charge < -0.3 is 4.74 Å². The van der Waals surface area contributed by atoms with Crippen molar-refractivity contribution in [3.05, 3.63) is 0 Å². The molecule has 2 nitrogen and oxygen atoms in total. The fourth-order valence-electron chi connectivity index (χ4n) is 5.60. The maximum Gasteiger partial charge on any atom is 0.0711 e. The Hall–Kier alpha value is -0.0800. The molecule has 3 atom stereocenters. The fraction of sp³-hybridized carbons (Fsp3) is 1.00. The first-order valence-corrected chi connectivity index (χ1v) is 9.98. The van der Waals surface area contributed by atoms with Crippen molar-refractivity contribution >= 4 is 0 Å².